The molecule has 1 N–H and O–H groups in total. The van der Waals surface area contributed by atoms with Crippen molar-refractivity contribution in [2.75, 3.05) is 46.0 Å². The van der Waals surface area contributed by atoms with E-state index in [1.54, 1.807) is 26.4 Å². The zero-order valence-corrected chi connectivity index (χ0v) is 17.7. The van der Waals surface area contributed by atoms with Gasteiger partial charge in [-0.25, -0.2) is 4.98 Å². The van der Waals surface area contributed by atoms with E-state index in [1.807, 2.05) is 24.3 Å². The van der Waals surface area contributed by atoms with E-state index in [0.717, 1.165) is 10.2 Å². The number of benzene rings is 2. The summed E-state index contributed by atoms with van der Waals surface area (Å²) >= 11 is 3.42. The van der Waals surface area contributed by atoms with Gasteiger partial charge < -0.3 is 24.3 Å². The van der Waals surface area contributed by atoms with E-state index in [-0.39, 0.29) is 0 Å². The van der Waals surface area contributed by atoms with E-state index in [2.05, 4.69) is 31.2 Å². The Bertz CT molecular complexity index is 974. The van der Waals surface area contributed by atoms with Crippen LogP contribution in [0.3, 0.4) is 0 Å². The predicted molar refractivity (Wildman–Crippen MR) is 112 cm³/mol. The average Bonchev–Trinajstić information content (AvgIpc) is 2.69. The number of aromatic nitrogens is 2. The van der Waals surface area contributed by atoms with Gasteiger partial charge in [0.25, 0.3) is 0 Å². The average molecular weight is 466 g/mol. The van der Waals surface area contributed by atoms with Crippen LogP contribution in [0.1, 0.15) is 0 Å². The summed E-state index contributed by atoms with van der Waals surface area (Å²) in [6.07, 6.45) is -0.842. The molecule has 0 bridgehead atoms. The molecule has 3 rings (SSSR count). The van der Waals surface area contributed by atoms with Crippen molar-refractivity contribution in [1.82, 2.24) is 9.97 Å². The zero-order chi connectivity index (χ0) is 20.6. The van der Waals surface area contributed by atoms with E-state index in [9.17, 15) is 4.39 Å². The number of rotatable bonds is 10. The Kier molecular flexibility index (Phi) is 7.56. The summed E-state index contributed by atoms with van der Waals surface area (Å²) in [5.74, 6) is 1.25. The van der Waals surface area contributed by atoms with Gasteiger partial charge in [-0.1, -0.05) is 22.0 Å². The van der Waals surface area contributed by atoms with Gasteiger partial charge in [0.2, 0.25) is 0 Å². The maximum Gasteiger partial charge on any atom is 0.311 e. The van der Waals surface area contributed by atoms with E-state index in [1.165, 1.54) is 0 Å². The fraction of sp³-hybridized carbons (Fsp3) is 0.300. The largest absolute Gasteiger partial charge is 0.487 e. The molecule has 0 saturated carbocycles. The Morgan fingerprint density at radius 2 is 1.62 bits per heavy atom. The first-order valence-corrected chi connectivity index (χ1v) is 9.67. The third-order valence-electron chi connectivity index (χ3n) is 3.91. The quantitative estimate of drug-likeness (QED) is 0.352. The highest BCUT2D eigenvalue weighted by Crippen LogP contribution is 2.35. The molecule has 29 heavy (non-hydrogen) atoms. The minimum absolute atomic E-state index is 0.319. The highest BCUT2D eigenvalue weighted by Gasteiger charge is 2.15. The normalized spacial score (nSPS) is 10.9. The fourth-order valence-corrected chi connectivity index (χ4v) is 3.00. The van der Waals surface area contributed by atoms with Crippen molar-refractivity contribution in [3.63, 3.8) is 0 Å². The van der Waals surface area contributed by atoms with Crippen LogP contribution in [-0.2, 0) is 9.47 Å². The van der Waals surface area contributed by atoms with Crippen LogP contribution in [0, 0.1) is 6.08 Å². The molecule has 0 atom stereocenters. The van der Waals surface area contributed by atoms with Crippen molar-refractivity contribution in [2.24, 2.45) is 0 Å². The van der Waals surface area contributed by atoms with E-state index in [4.69, 9.17) is 18.9 Å². The van der Waals surface area contributed by atoms with E-state index in [0.29, 0.717) is 54.6 Å². The number of fused-ring (bicyclic) bond motifs is 1. The molecular formula is C20H21BrFN3O4. The summed E-state index contributed by atoms with van der Waals surface area (Å²) in [5.41, 5.74) is 1.14. The monoisotopic (exact) mass is 465 g/mol. The second-order valence-corrected chi connectivity index (χ2v) is 6.89. The van der Waals surface area contributed by atoms with Crippen LogP contribution in [-0.4, -0.2) is 50.6 Å². The zero-order valence-electron chi connectivity index (χ0n) is 16.1. The molecule has 2 aromatic carbocycles. The van der Waals surface area contributed by atoms with Crippen molar-refractivity contribution >= 4 is 38.3 Å². The van der Waals surface area contributed by atoms with Gasteiger partial charge in [-0.3, -0.25) is 0 Å². The van der Waals surface area contributed by atoms with Gasteiger partial charge >= 0.3 is 6.08 Å². The molecule has 7 nitrogen and oxygen atoms in total. The van der Waals surface area contributed by atoms with Gasteiger partial charge in [0, 0.05) is 35.8 Å². The second kappa shape index (κ2) is 10.3. The number of hydrogen-bond acceptors (Lipinski definition) is 7. The Hall–Kier alpha value is -2.49. The maximum atomic E-state index is 14.1. The summed E-state index contributed by atoms with van der Waals surface area (Å²) < 4.78 is 36.6. The first-order chi connectivity index (χ1) is 14.1. The molecule has 0 spiro atoms. The topological polar surface area (TPSA) is 74.7 Å². The third-order valence-corrected chi connectivity index (χ3v) is 4.40. The molecule has 0 aliphatic heterocycles. The van der Waals surface area contributed by atoms with Crippen molar-refractivity contribution in [3.05, 3.63) is 46.9 Å². The highest BCUT2D eigenvalue weighted by molar-refractivity contribution is 9.10. The number of hydrogen-bond donors (Lipinski definition) is 1. The maximum absolute atomic E-state index is 14.1. The third kappa shape index (κ3) is 5.75. The molecule has 0 fully saturated rings. The van der Waals surface area contributed by atoms with Crippen molar-refractivity contribution in [1.29, 1.82) is 0 Å². The fourth-order valence-electron chi connectivity index (χ4n) is 2.60. The van der Waals surface area contributed by atoms with Gasteiger partial charge in [-0.15, -0.1) is 0 Å². The SMILES string of the molecule is COCCOc1cc2nc(F)nc(Nc3cccc(Br)c3)c2cc1OCCOC. The predicted octanol–water partition coefficient (Wildman–Crippen LogP) is 4.33. The molecule has 0 unspecified atom stereocenters. The second-order valence-electron chi connectivity index (χ2n) is 5.98. The van der Waals surface area contributed by atoms with Gasteiger partial charge in [0.15, 0.2) is 11.5 Å². The van der Waals surface area contributed by atoms with Gasteiger partial charge in [0.1, 0.15) is 19.0 Å². The molecule has 0 amide bonds. The summed E-state index contributed by atoms with van der Waals surface area (Å²) in [5, 5.41) is 3.73. The molecule has 0 radical (unpaired) electrons. The first-order valence-electron chi connectivity index (χ1n) is 8.88. The molecule has 9 heteroatoms. The van der Waals surface area contributed by atoms with Crippen molar-refractivity contribution < 1.29 is 23.3 Å². The van der Waals surface area contributed by atoms with E-state index < -0.39 is 6.08 Å². The molecule has 1 aromatic heterocycles. The highest BCUT2D eigenvalue weighted by atomic mass is 79.9. The minimum atomic E-state index is -0.842. The Labute approximate surface area is 176 Å². The Balaban J connectivity index is 2.01. The van der Waals surface area contributed by atoms with Crippen LogP contribution >= 0.6 is 15.9 Å². The number of anilines is 2. The van der Waals surface area contributed by atoms with Gasteiger partial charge in [-0.2, -0.15) is 9.37 Å². The van der Waals surface area contributed by atoms with Gasteiger partial charge in [-0.05, 0) is 24.3 Å². The van der Waals surface area contributed by atoms with E-state index >= 15 is 0 Å². The van der Waals surface area contributed by atoms with Crippen LogP contribution < -0.4 is 14.8 Å². The number of ether oxygens (including phenoxy) is 4. The summed E-state index contributed by atoms with van der Waals surface area (Å²) in [4.78, 5) is 7.83. The van der Waals surface area contributed by atoms with Crippen LogP contribution in [0.2, 0.25) is 0 Å². The van der Waals surface area contributed by atoms with Crippen LogP contribution in [0.15, 0.2) is 40.9 Å². The number of halogens is 2. The minimum Gasteiger partial charge on any atom is -0.487 e. The lowest BCUT2D eigenvalue weighted by atomic mass is 10.2. The summed E-state index contributed by atoms with van der Waals surface area (Å²) in [6.45, 7) is 1.47. The van der Waals surface area contributed by atoms with Crippen molar-refractivity contribution in [3.8, 4) is 11.5 Å². The van der Waals surface area contributed by atoms with Crippen LogP contribution in [0.5, 0.6) is 11.5 Å². The summed E-state index contributed by atoms with van der Waals surface area (Å²) in [7, 11) is 3.18. The first kappa shape index (κ1) is 21.2. The smallest absolute Gasteiger partial charge is 0.311 e. The molecule has 0 aliphatic carbocycles. The van der Waals surface area contributed by atoms with Crippen LogP contribution in [0.4, 0.5) is 15.9 Å². The Morgan fingerprint density at radius 1 is 0.931 bits per heavy atom. The molecule has 0 saturated heterocycles. The molecule has 1 heterocycles. The number of nitrogens with zero attached hydrogens (tertiary/aromatic N) is 2. The lowest BCUT2D eigenvalue weighted by molar-refractivity contribution is 0.132. The number of nitrogens with one attached hydrogen (secondary N) is 1. The van der Waals surface area contributed by atoms with Crippen molar-refractivity contribution in [2.45, 2.75) is 0 Å². The standard InChI is InChI=1S/C20H21BrFN3O4/c1-26-6-8-28-17-11-15-16(12-18(17)29-9-7-27-2)24-20(22)25-19(15)23-14-5-3-4-13(21)10-14/h3-5,10-12H,6-9H2,1-2H3,(H,23,24,25). The number of methoxy groups -OCH3 is 2. The molecule has 154 valence electrons. The summed E-state index contributed by atoms with van der Waals surface area (Å²) in [6, 6.07) is 10.8. The lowest BCUT2D eigenvalue weighted by Crippen LogP contribution is -2.09. The molecule has 3 aromatic rings. The molecule has 0 aliphatic rings. The van der Waals surface area contributed by atoms with Gasteiger partial charge in [0.05, 0.1) is 18.7 Å². The van der Waals surface area contributed by atoms with Crippen LogP contribution in [0.25, 0.3) is 10.9 Å². The lowest BCUT2D eigenvalue weighted by Gasteiger charge is -2.15. The molecular weight excluding hydrogens is 445 g/mol. The Morgan fingerprint density at radius 3 is 2.28 bits per heavy atom.